The van der Waals surface area contributed by atoms with Gasteiger partial charge in [-0.2, -0.15) is 18.3 Å². The van der Waals surface area contributed by atoms with Gasteiger partial charge < -0.3 is 9.84 Å². The number of hydrogen-bond acceptors (Lipinski definition) is 4. The minimum absolute atomic E-state index is 0.243. The van der Waals surface area contributed by atoms with Gasteiger partial charge in [0.2, 0.25) is 5.88 Å². The van der Waals surface area contributed by atoms with Gasteiger partial charge in [0.25, 0.3) is 0 Å². The standard InChI is InChI=1S/C16H20F3N3O2/c1-5-10-7-21-22(15(2,3)4)14(10)24-12-8-20-6-11(9-23)13(12)16(17,18)19/h6-8,23H,5,9H2,1-4H3. The Hall–Kier alpha value is -2.09. The molecule has 24 heavy (non-hydrogen) atoms. The summed E-state index contributed by atoms with van der Waals surface area (Å²) < 4.78 is 47.3. The van der Waals surface area contributed by atoms with E-state index in [-0.39, 0.29) is 11.4 Å². The molecule has 8 heteroatoms. The minimum Gasteiger partial charge on any atom is -0.437 e. The molecule has 2 aromatic heterocycles. The fourth-order valence-electron chi connectivity index (χ4n) is 2.31. The monoisotopic (exact) mass is 343 g/mol. The lowest BCUT2D eigenvalue weighted by Crippen LogP contribution is -2.24. The summed E-state index contributed by atoms with van der Waals surface area (Å²) >= 11 is 0. The normalized spacial score (nSPS) is 12.5. The maximum absolute atomic E-state index is 13.4. The van der Waals surface area contributed by atoms with Crippen molar-refractivity contribution in [2.75, 3.05) is 0 Å². The van der Waals surface area contributed by atoms with E-state index in [1.807, 2.05) is 27.7 Å². The molecule has 0 spiro atoms. The van der Waals surface area contributed by atoms with Crippen molar-refractivity contribution in [1.82, 2.24) is 14.8 Å². The van der Waals surface area contributed by atoms with Crippen LogP contribution in [-0.2, 0) is 24.7 Å². The fourth-order valence-corrected chi connectivity index (χ4v) is 2.31. The van der Waals surface area contributed by atoms with Crippen molar-refractivity contribution in [2.45, 2.75) is 52.4 Å². The molecule has 0 aromatic carbocycles. The lowest BCUT2D eigenvalue weighted by atomic mass is 10.1. The maximum atomic E-state index is 13.4. The summed E-state index contributed by atoms with van der Waals surface area (Å²) in [5.41, 5.74) is -1.14. The number of aromatic nitrogens is 3. The largest absolute Gasteiger partial charge is 0.437 e. The summed E-state index contributed by atoms with van der Waals surface area (Å²) in [6.45, 7) is 6.71. The third-order valence-corrected chi connectivity index (χ3v) is 3.46. The molecule has 0 atom stereocenters. The van der Waals surface area contributed by atoms with Crippen LogP contribution in [0.4, 0.5) is 13.2 Å². The van der Waals surface area contributed by atoms with Crippen molar-refractivity contribution in [3.05, 3.63) is 35.3 Å². The van der Waals surface area contributed by atoms with E-state index in [2.05, 4.69) is 10.1 Å². The van der Waals surface area contributed by atoms with Gasteiger partial charge in [-0.3, -0.25) is 4.98 Å². The van der Waals surface area contributed by atoms with Crippen molar-refractivity contribution in [1.29, 1.82) is 0 Å². The molecule has 0 radical (unpaired) electrons. The quantitative estimate of drug-likeness (QED) is 0.915. The highest BCUT2D eigenvalue weighted by Crippen LogP contribution is 2.41. The highest BCUT2D eigenvalue weighted by molar-refractivity contribution is 5.42. The molecule has 0 aliphatic heterocycles. The average molecular weight is 343 g/mol. The molecule has 132 valence electrons. The molecule has 0 unspecified atom stereocenters. The van der Waals surface area contributed by atoms with E-state index < -0.39 is 29.6 Å². The first-order valence-electron chi connectivity index (χ1n) is 7.49. The van der Waals surface area contributed by atoms with Crippen LogP contribution in [-0.4, -0.2) is 19.9 Å². The van der Waals surface area contributed by atoms with Crippen LogP contribution in [0.2, 0.25) is 0 Å². The van der Waals surface area contributed by atoms with Crippen molar-refractivity contribution in [3.63, 3.8) is 0 Å². The second kappa shape index (κ2) is 6.43. The van der Waals surface area contributed by atoms with E-state index in [0.29, 0.717) is 12.0 Å². The van der Waals surface area contributed by atoms with Crippen LogP contribution in [0.5, 0.6) is 11.6 Å². The predicted molar refractivity (Wildman–Crippen MR) is 81.8 cm³/mol. The number of nitrogens with zero attached hydrogens (tertiary/aromatic N) is 3. The molecule has 2 rings (SSSR count). The summed E-state index contributed by atoms with van der Waals surface area (Å²) in [5.74, 6) is -0.206. The SMILES string of the molecule is CCc1cnn(C(C)(C)C)c1Oc1cncc(CO)c1C(F)(F)F. The van der Waals surface area contributed by atoms with Gasteiger partial charge in [-0.25, -0.2) is 4.68 Å². The molecule has 5 nitrogen and oxygen atoms in total. The van der Waals surface area contributed by atoms with Gasteiger partial charge >= 0.3 is 6.18 Å². The van der Waals surface area contributed by atoms with Crippen molar-refractivity contribution >= 4 is 0 Å². The van der Waals surface area contributed by atoms with E-state index in [1.54, 1.807) is 6.20 Å². The molecule has 0 aliphatic rings. The highest BCUT2D eigenvalue weighted by atomic mass is 19.4. The Morgan fingerprint density at radius 1 is 1.12 bits per heavy atom. The molecule has 2 heterocycles. The summed E-state index contributed by atoms with van der Waals surface area (Å²) in [5, 5.41) is 13.4. The van der Waals surface area contributed by atoms with Gasteiger partial charge in [-0.05, 0) is 27.2 Å². The third kappa shape index (κ3) is 3.53. The predicted octanol–water partition coefficient (Wildman–Crippen LogP) is 3.90. The highest BCUT2D eigenvalue weighted by Gasteiger charge is 2.38. The van der Waals surface area contributed by atoms with E-state index in [9.17, 15) is 18.3 Å². The van der Waals surface area contributed by atoms with Gasteiger partial charge in [0.05, 0.1) is 24.5 Å². The zero-order valence-electron chi connectivity index (χ0n) is 14.0. The summed E-state index contributed by atoms with van der Waals surface area (Å²) in [7, 11) is 0. The second-order valence-corrected chi connectivity index (χ2v) is 6.34. The van der Waals surface area contributed by atoms with Crippen LogP contribution in [0.3, 0.4) is 0 Å². The fraction of sp³-hybridized carbons (Fsp3) is 0.500. The number of hydrogen-bond donors (Lipinski definition) is 1. The van der Waals surface area contributed by atoms with Crippen molar-refractivity contribution < 1.29 is 23.0 Å². The molecule has 0 saturated heterocycles. The van der Waals surface area contributed by atoms with Crippen LogP contribution in [0.15, 0.2) is 18.6 Å². The summed E-state index contributed by atoms with van der Waals surface area (Å²) in [6, 6.07) is 0. The van der Waals surface area contributed by atoms with Gasteiger partial charge in [-0.1, -0.05) is 6.92 Å². The Morgan fingerprint density at radius 3 is 2.29 bits per heavy atom. The average Bonchev–Trinajstić information content (AvgIpc) is 2.88. The maximum Gasteiger partial charge on any atom is 0.420 e. The third-order valence-electron chi connectivity index (χ3n) is 3.46. The number of aliphatic hydroxyl groups is 1. The smallest absolute Gasteiger partial charge is 0.420 e. The zero-order valence-corrected chi connectivity index (χ0v) is 14.0. The Bertz CT molecular complexity index is 718. The molecule has 2 aromatic rings. The second-order valence-electron chi connectivity index (χ2n) is 6.34. The van der Waals surface area contributed by atoms with Gasteiger partial charge in [0, 0.05) is 17.3 Å². The lowest BCUT2D eigenvalue weighted by molar-refractivity contribution is -0.139. The molecule has 0 bridgehead atoms. The first-order chi connectivity index (χ1) is 11.1. The van der Waals surface area contributed by atoms with Crippen LogP contribution < -0.4 is 4.74 Å². The van der Waals surface area contributed by atoms with Gasteiger partial charge in [0.1, 0.15) is 5.56 Å². The number of ether oxygens (including phenoxy) is 1. The van der Waals surface area contributed by atoms with Crippen molar-refractivity contribution in [2.24, 2.45) is 0 Å². The van der Waals surface area contributed by atoms with Gasteiger partial charge in [-0.15, -0.1) is 0 Å². The number of aliphatic hydroxyl groups excluding tert-OH is 1. The molecule has 0 saturated carbocycles. The van der Waals surface area contributed by atoms with Gasteiger partial charge in [0.15, 0.2) is 5.75 Å². The number of rotatable bonds is 4. The summed E-state index contributed by atoms with van der Waals surface area (Å²) in [4.78, 5) is 3.74. The van der Waals surface area contributed by atoms with Crippen LogP contribution in [0.1, 0.15) is 44.4 Å². The first kappa shape index (κ1) is 18.3. The zero-order chi connectivity index (χ0) is 18.1. The Labute approximate surface area is 138 Å². The van der Waals surface area contributed by atoms with Crippen molar-refractivity contribution in [3.8, 4) is 11.6 Å². The number of pyridine rings is 1. The molecular weight excluding hydrogens is 323 g/mol. The van der Waals surface area contributed by atoms with E-state index in [1.165, 1.54) is 4.68 Å². The Kier molecular flexibility index (Phi) is 4.89. The van der Waals surface area contributed by atoms with Crippen LogP contribution >= 0.6 is 0 Å². The Balaban J connectivity index is 2.59. The molecular formula is C16H20F3N3O2. The van der Waals surface area contributed by atoms with E-state index in [0.717, 1.165) is 12.4 Å². The molecule has 0 amide bonds. The van der Waals surface area contributed by atoms with E-state index in [4.69, 9.17) is 4.74 Å². The van der Waals surface area contributed by atoms with E-state index >= 15 is 0 Å². The lowest BCUT2D eigenvalue weighted by Gasteiger charge is -2.23. The molecule has 0 fully saturated rings. The Morgan fingerprint density at radius 2 is 1.79 bits per heavy atom. The first-order valence-corrected chi connectivity index (χ1v) is 7.49. The topological polar surface area (TPSA) is 60.2 Å². The molecule has 0 aliphatic carbocycles. The summed E-state index contributed by atoms with van der Waals surface area (Å²) in [6.07, 6.45) is -0.550. The molecule has 1 N–H and O–H groups in total. The number of halogens is 3. The number of aryl methyl sites for hydroxylation is 1. The van der Waals surface area contributed by atoms with Crippen LogP contribution in [0.25, 0.3) is 0 Å². The number of alkyl halides is 3. The van der Waals surface area contributed by atoms with Crippen LogP contribution in [0, 0.1) is 0 Å². The minimum atomic E-state index is -4.67.